The van der Waals surface area contributed by atoms with Gasteiger partial charge in [0, 0.05) is 6.20 Å². The first kappa shape index (κ1) is 12.9. The quantitative estimate of drug-likeness (QED) is 0.780. The van der Waals surface area contributed by atoms with Crippen molar-refractivity contribution in [3.8, 4) is 0 Å². The number of alkyl halides is 3. The van der Waals surface area contributed by atoms with Gasteiger partial charge in [-0.2, -0.15) is 13.2 Å². The number of hydrogen-bond acceptors (Lipinski definition) is 3. The number of pyridine rings is 1. The second-order valence-electron chi connectivity index (χ2n) is 2.78. The number of anilines is 1. The lowest BCUT2D eigenvalue weighted by molar-refractivity contribution is -0.167. The first-order valence-corrected chi connectivity index (χ1v) is 3.99. The number of rotatable bonds is 2. The molecule has 2 N–H and O–H groups in total. The first-order chi connectivity index (χ1) is 7.73. The van der Waals surface area contributed by atoms with Crippen molar-refractivity contribution >= 4 is 17.7 Å². The molecule has 0 fully saturated rings. The van der Waals surface area contributed by atoms with Crippen molar-refractivity contribution in [1.82, 2.24) is 4.98 Å². The van der Waals surface area contributed by atoms with Crippen molar-refractivity contribution in [3.63, 3.8) is 0 Å². The highest BCUT2D eigenvalue weighted by molar-refractivity contribution is 5.96. The number of aromatic carboxylic acids is 1. The van der Waals surface area contributed by atoms with Crippen LogP contribution in [-0.4, -0.2) is 28.1 Å². The molecule has 1 amide bonds. The number of aromatic nitrogens is 1. The molecule has 0 aliphatic heterocycles. The van der Waals surface area contributed by atoms with Crippen molar-refractivity contribution in [3.05, 3.63) is 23.6 Å². The number of carbonyl (C=O) groups is 2. The molecule has 0 bridgehead atoms. The standard InChI is InChI=1S/C8H4F4N2O3/c9-4-3(6(15)16)1-2-13-5(4)14-7(17)8(10,11)12/h1-2H,(H,15,16)(H,13,14,17). The molecule has 0 aliphatic carbocycles. The van der Waals surface area contributed by atoms with Crippen molar-refractivity contribution < 1.29 is 32.3 Å². The third-order valence-electron chi connectivity index (χ3n) is 1.61. The minimum atomic E-state index is -5.21. The predicted octanol–water partition coefficient (Wildman–Crippen LogP) is 1.42. The van der Waals surface area contributed by atoms with Crippen LogP contribution in [0.3, 0.4) is 0 Å². The van der Waals surface area contributed by atoms with Crippen LogP contribution in [0.4, 0.5) is 23.4 Å². The largest absolute Gasteiger partial charge is 0.478 e. The monoisotopic (exact) mass is 252 g/mol. The van der Waals surface area contributed by atoms with Crippen LogP contribution in [0.25, 0.3) is 0 Å². The van der Waals surface area contributed by atoms with Gasteiger partial charge in [-0.3, -0.25) is 4.79 Å². The van der Waals surface area contributed by atoms with E-state index in [0.29, 0.717) is 0 Å². The summed E-state index contributed by atoms with van der Waals surface area (Å²) < 4.78 is 48.8. The fraction of sp³-hybridized carbons (Fsp3) is 0.125. The number of nitrogens with zero attached hydrogens (tertiary/aromatic N) is 1. The Morgan fingerprint density at radius 3 is 2.41 bits per heavy atom. The smallest absolute Gasteiger partial charge is 0.471 e. The van der Waals surface area contributed by atoms with Crippen LogP contribution in [0.15, 0.2) is 12.3 Å². The van der Waals surface area contributed by atoms with Gasteiger partial charge in [-0.1, -0.05) is 0 Å². The number of carboxylic acid groups (broad SMARTS) is 1. The third kappa shape index (κ3) is 2.89. The molecule has 1 aromatic heterocycles. The summed E-state index contributed by atoms with van der Waals surface area (Å²) in [7, 11) is 0. The highest BCUT2D eigenvalue weighted by Gasteiger charge is 2.39. The van der Waals surface area contributed by atoms with Gasteiger partial charge in [0.2, 0.25) is 0 Å². The molecule has 0 aromatic carbocycles. The molecule has 5 nitrogen and oxygen atoms in total. The first-order valence-electron chi connectivity index (χ1n) is 3.99. The Morgan fingerprint density at radius 1 is 1.35 bits per heavy atom. The molecule has 0 unspecified atom stereocenters. The predicted molar refractivity (Wildman–Crippen MR) is 45.8 cm³/mol. The van der Waals surface area contributed by atoms with Gasteiger partial charge in [-0.15, -0.1) is 0 Å². The lowest BCUT2D eigenvalue weighted by Crippen LogP contribution is -2.31. The summed E-state index contributed by atoms with van der Waals surface area (Å²) in [6, 6.07) is 0.751. The summed E-state index contributed by atoms with van der Waals surface area (Å²) in [4.78, 5) is 24.0. The van der Waals surface area contributed by atoms with E-state index in [1.165, 1.54) is 0 Å². The van der Waals surface area contributed by atoms with E-state index < -0.39 is 35.3 Å². The molecule has 1 rings (SSSR count). The fourth-order valence-corrected chi connectivity index (χ4v) is 0.874. The summed E-state index contributed by atoms with van der Waals surface area (Å²) in [5.74, 6) is -6.76. The Hall–Kier alpha value is -2.19. The van der Waals surface area contributed by atoms with E-state index in [-0.39, 0.29) is 0 Å². The molecule has 0 spiro atoms. The van der Waals surface area contributed by atoms with Gasteiger partial charge in [0.15, 0.2) is 11.6 Å². The minimum absolute atomic E-state index is 0.751. The van der Waals surface area contributed by atoms with Crippen LogP contribution in [-0.2, 0) is 4.79 Å². The number of nitrogens with one attached hydrogen (secondary N) is 1. The van der Waals surface area contributed by atoms with Gasteiger partial charge in [0.1, 0.15) is 5.56 Å². The molecule has 1 aromatic rings. The highest BCUT2D eigenvalue weighted by Crippen LogP contribution is 2.20. The second-order valence-corrected chi connectivity index (χ2v) is 2.78. The van der Waals surface area contributed by atoms with Gasteiger partial charge >= 0.3 is 18.1 Å². The van der Waals surface area contributed by atoms with Crippen LogP contribution in [0.2, 0.25) is 0 Å². The summed E-state index contributed by atoms with van der Waals surface area (Å²) in [6.07, 6.45) is -4.45. The number of halogens is 4. The van der Waals surface area contributed by atoms with E-state index in [2.05, 4.69) is 4.98 Å². The number of amides is 1. The lowest BCUT2D eigenvalue weighted by atomic mass is 10.2. The average molecular weight is 252 g/mol. The molecule has 0 aliphatic rings. The van der Waals surface area contributed by atoms with Crippen LogP contribution < -0.4 is 5.32 Å². The number of carbonyl (C=O) groups excluding carboxylic acids is 1. The number of carboxylic acids is 1. The molecule has 17 heavy (non-hydrogen) atoms. The van der Waals surface area contributed by atoms with Crippen LogP contribution in [0.5, 0.6) is 0 Å². The molecule has 0 radical (unpaired) electrons. The van der Waals surface area contributed by atoms with E-state index in [1.807, 2.05) is 0 Å². The molecule has 0 saturated carbocycles. The Bertz CT molecular complexity index is 472. The third-order valence-corrected chi connectivity index (χ3v) is 1.61. The minimum Gasteiger partial charge on any atom is -0.478 e. The summed E-state index contributed by atoms with van der Waals surface area (Å²) in [5, 5.41) is 9.61. The van der Waals surface area contributed by atoms with Crippen molar-refractivity contribution in [2.24, 2.45) is 0 Å². The summed E-state index contributed by atoms with van der Waals surface area (Å²) in [5.41, 5.74) is -0.891. The van der Waals surface area contributed by atoms with Gasteiger partial charge in [-0.25, -0.2) is 14.2 Å². The highest BCUT2D eigenvalue weighted by atomic mass is 19.4. The van der Waals surface area contributed by atoms with E-state index >= 15 is 0 Å². The topological polar surface area (TPSA) is 79.3 Å². The van der Waals surface area contributed by atoms with Gasteiger partial charge in [0.05, 0.1) is 0 Å². The normalized spacial score (nSPS) is 11.1. The molecule has 9 heteroatoms. The molecule has 0 saturated heterocycles. The van der Waals surface area contributed by atoms with Crippen molar-refractivity contribution in [2.75, 3.05) is 5.32 Å². The van der Waals surface area contributed by atoms with Crippen LogP contribution in [0, 0.1) is 5.82 Å². The van der Waals surface area contributed by atoms with Crippen molar-refractivity contribution in [2.45, 2.75) is 6.18 Å². The zero-order valence-electron chi connectivity index (χ0n) is 7.88. The average Bonchev–Trinajstić information content (AvgIpc) is 2.19. The van der Waals surface area contributed by atoms with E-state index in [1.54, 1.807) is 0 Å². The molecule has 1 heterocycles. The lowest BCUT2D eigenvalue weighted by Gasteiger charge is -2.08. The van der Waals surface area contributed by atoms with Gasteiger partial charge < -0.3 is 10.4 Å². The Balaban J connectivity index is 3.05. The van der Waals surface area contributed by atoms with Crippen LogP contribution in [0.1, 0.15) is 10.4 Å². The van der Waals surface area contributed by atoms with E-state index in [4.69, 9.17) is 5.11 Å². The van der Waals surface area contributed by atoms with Crippen molar-refractivity contribution in [1.29, 1.82) is 0 Å². The Morgan fingerprint density at radius 2 is 1.94 bits per heavy atom. The second kappa shape index (κ2) is 4.36. The van der Waals surface area contributed by atoms with Gasteiger partial charge in [0.25, 0.3) is 0 Å². The maximum Gasteiger partial charge on any atom is 0.471 e. The number of hydrogen-bond donors (Lipinski definition) is 2. The fourth-order valence-electron chi connectivity index (χ4n) is 0.874. The van der Waals surface area contributed by atoms with E-state index in [0.717, 1.165) is 17.6 Å². The zero-order chi connectivity index (χ0) is 13.2. The Labute approximate surface area is 91.1 Å². The molecule has 92 valence electrons. The van der Waals surface area contributed by atoms with Crippen LogP contribution >= 0.6 is 0 Å². The Kier molecular flexibility index (Phi) is 3.30. The molecular formula is C8H4F4N2O3. The maximum atomic E-state index is 13.2. The SMILES string of the molecule is O=C(O)c1ccnc(NC(=O)C(F)(F)F)c1F. The maximum absolute atomic E-state index is 13.2. The van der Waals surface area contributed by atoms with Gasteiger partial charge in [-0.05, 0) is 6.07 Å². The molecule has 0 atom stereocenters. The zero-order valence-corrected chi connectivity index (χ0v) is 7.88. The van der Waals surface area contributed by atoms with E-state index in [9.17, 15) is 27.2 Å². The summed E-state index contributed by atoms with van der Waals surface area (Å²) in [6.45, 7) is 0. The summed E-state index contributed by atoms with van der Waals surface area (Å²) >= 11 is 0. The molecular weight excluding hydrogens is 248 g/mol.